The third-order valence-electron chi connectivity index (χ3n) is 5.26. The molecule has 14 heteroatoms. The molecule has 10 nitrogen and oxygen atoms in total. The number of benzene rings is 2. The Balaban J connectivity index is 0.000000412. The lowest BCUT2D eigenvalue weighted by atomic mass is 10.1. The molecule has 0 spiro atoms. The summed E-state index contributed by atoms with van der Waals surface area (Å²) in [7, 11) is -9.89. The van der Waals surface area contributed by atoms with Gasteiger partial charge in [-0.3, -0.25) is 0 Å². The minimum absolute atomic E-state index is 1.16. The largest absolute Gasteiger partial charge is 0.225 e. The minimum Gasteiger partial charge on any atom is -0.222 e. The van der Waals surface area contributed by atoms with Gasteiger partial charge in [0.05, 0.1) is 0 Å². The molecule has 0 amide bonds. The van der Waals surface area contributed by atoms with Crippen LogP contribution >= 0.6 is 22.7 Å². The van der Waals surface area contributed by atoms with E-state index in [4.69, 9.17) is 37.3 Å². The van der Waals surface area contributed by atoms with Crippen molar-refractivity contribution in [1.29, 1.82) is 0 Å². The highest BCUT2D eigenvalue weighted by Gasteiger charge is 2.11. The number of aryl methyl sites for hydroxylation is 2. The molecule has 204 valence electrons. The van der Waals surface area contributed by atoms with E-state index in [1.807, 2.05) is 22.7 Å². The highest BCUT2D eigenvalue weighted by atomic mass is 35.7. The van der Waals surface area contributed by atoms with Gasteiger partial charge in [0.1, 0.15) is 22.5 Å². The van der Waals surface area contributed by atoms with E-state index in [2.05, 4.69) is 68.7 Å². The molecule has 2 aromatic carbocycles. The molecule has 0 aliphatic rings. The molecule has 0 bridgehead atoms. The smallest absolute Gasteiger partial charge is 0.222 e. The fourth-order valence-corrected chi connectivity index (χ4v) is 5.58. The fraction of sp³-hybridized carbons (Fsp3) is 0.391. The summed E-state index contributed by atoms with van der Waals surface area (Å²) in [5.74, 6) is 0. The summed E-state index contributed by atoms with van der Waals surface area (Å²) in [4.78, 5) is 0. The molecule has 0 fully saturated rings. The second kappa shape index (κ2) is 15.8. The first-order valence-electron chi connectivity index (χ1n) is 11.4. The van der Waals surface area contributed by atoms with Gasteiger partial charge in [0.25, 0.3) is 0 Å². The molecular formula is C23H28Cl2N2O8S2. The van der Waals surface area contributed by atoms with Crippen LogP contribution < -0.4 is 46.4 Å². The van der Waals surface area contributed by atoms with Crippen molar-refractivity contribution in [3.63, 3.8) is 0 Å². The van der Waals surface area contributed by atoms with E-state index in [0.717, 1.165) is 13.1 Å². The molecule has 4 rings (SSSR count). The average molecular weight is 596 g/mol. The van der Waals surface area contributed by atoms with E-state index in [1.165, 1.54) is 65.4 Å². The summed E-state index contributed by atoms with van der Waals surface area (Å²) in [6.45, 7) is 2.32. The molecule has 2 heterocycles. The minimum atomic E-state index is -4.94. The van der Waals surface area contributed by atoms with Gasteiger partial charge in [-0.2, -0.15) is 9.13 Å². The molecule has 0 atom stereocenters. The number of unbranched alkanes of at least 4 members (excludes halogenated alkanes) is 6. The number of thiazole rings is 2. The number of hydrogen-bond acceptors (Lipinski definition) is 10. The first-order valence-corrected chi connectivity index (χ1v) is 15.6. The Labute approximate surface area is 227 Å². The Hall–Kier alpha value is -1.52. The molecule has 0 unspecified atom stereocenters. The third kappa shape index (κ3) is 14.3. The summed E-state index contributed by atoms with van der Waals surface area (Å²) in [5, 5.41) is 0. The van der Waals surface area contributed by atoms with Gasteiger partial charge in [0, 0.05) is 25.0 Å². The lowest BCUT2D eigenvalue weighted by Gasteiger charge is -2.17. The molecule has 0 aliphatic carbocycles. The number of halogens is 2. The van der Waals surface area contributed by atoms with E-state index in [-0.39, 0.29) is 0 Å². The zero-order valence-corrected chi connectivity index (χ0v) is 23.0. The van der Waals surface area contributed by atoms with Gasteiger partial charge in [0.2, 0.25) is 22.1 Å². The molecule has 37 heavy (non-hydrogen) atoms. The van der Waals surface area contributed by atoms with Gasteiger partial charge in [-0.25, -0.2) is 37.3 Å². The van der Waals surface area contributed by atoms with Gasteiger partial charge in [-0.1, -0.05) is 66.2 Å². The van der Waals surface area contributed by atoms with Crippen LogP contribution in [-0.2, 0) is 13.1 Å². The topological polar surface area (TPSA) is 192 Å². The molecule has 0 N–H and O–H groups in total. The highest BCUT2D eigenvalue weighted by Crippen LogP contribution is 2.17. The Morgan fingerprint density at radius 2 is 0.784 bits per heavy atom. The zero-order valence-electron chi connectivity index (χ0n) is 19.9. The van der Waals surface area contributed by atoms with Gasteiger partial charge >= 0.3 is 0 Å². The van der Waals surface area contributed by atoms with Gasteiger partial charge in [-0.15, -0.1) is 20.5 Å². The van der Waals surface area contributed by atoms with Crippen molar-refractivity contribution in [2.24, 2.45) is 0 Å². The van der Waals surface area contributed by atoms with Crippen LogP contribution in [0.3, 0.4) is 0 Å². The lowest BCUT2D eigenvalue weighted by Crippen LogP contribution is -2.68. The number of hydrogen-bond donors (Lipinski definition) is 0. The monoisotopic (exact) mass is 594 g/mol. The number of fused-ring (bicyclic) bond motifs is 2. The number of rotatable bonds is 10. The maximum absolute atomic E-state index is 8.49. The third-order valence-corrected chi connectivity index (χ3v) is 7.18. The van der Waals surface area contributed by atoms with Crippen molar-refractivity contribution in [3.05, 3.63) is 59.6 Å². The summed E-state index contributed by atoms with van der Waals surface area (Å²) in [6, 6.07) is 17.4. The van der Waals surface area contributed by atoms with Crippen LogP contribution in [0.2, 0.25) is 0 Å². The van der Waals surface area contributed by atoms with Crippen LogP contribution in [0.1, 0.15) is 44.9 Å². The summed E-state index contributed by atoms with van der Waals surface area (Å²) in [5.41, 5.74) is 7.33. The second-order valence-corrected chi connectivity index (χ2v) is 11.3. The molecule has 0 saturated carbocycles. The lowest BCUT2D eigenvalue weighted by molar-refractivity contribution is -2.00. The van der Waals surface area contributed by atoms with E-state index in [1.54, 1.807) is 0 Å². The average Bonchev–Trinajstić information content (AvgIpc) is 3.40. The van der Waals surface area contributed by atoms with E-state index in [9.17, 15) is 0 Å². The van der Waals surface area contributed by atoms with Crippen LogP contribution in [0.4, 0.5) is 0 Å². The zero-order chi connectivity index (χ0) is 27.3. The predicted octanol–water partition coefficient (Wildman–Crippen LogP) is -3.39. The quantitative estimate of drug-likeness (QED) is 0.134. The molecule has 0 saturated heterocycles. The number of nitrogens with zero attached hydrogens (tertiary/aromatic N) is 2. The van der Waals surface area contributed by atoms with Crippen molar-refractivity contribution in [3.8, 4) is 0 Å². The van der Waals surface area contributed by atoms with Crippen LogP contribution in [0.5, 0.6) is 0 Å². The van der Waals surface area contributed by atoms with Crippen molar-refractivity contribution in [1.82, 2.24) is 0 Å². The predicted molar refractivity (Wildman–Crippen MR) is 116 cm³/mol. The maximum Gasteiger partial charge on any atom is 0.225 e. The van der Waals surface area contributed by atoms with Crippen molar-refractivity contribution in [2.75, 3.05) is 0 Å². The second-order valence-electron chi connectivity index (χ2n) is 8.00. The van der Waals surface area contributed by atoms with E-state index < -0.39 is 20.5 Å². The molecular weight excluding hydrogens is 567 g/mol. The molecule has 4 aromatic rings. The first-order chi connectivity index (χ1) is 17.4. The van der Waals surface area contributed by atoms with Crippen molar-refractivity contribution in [2.45, 2.75) is 58.0 Å². The normalized spacial score (nSPS) is 11.7. The van der Waals surface area contributed by atoms with Crippen LogP contribution in [0.25, 0.3) is 20.4 Å². The number of para-hydroxylation sites is 2. The number of aromatic nitrogens is 2. The highest BCUT2D eigenvalue weighted by molar-refractivity contribution is 7.16. The first kappa shape index (κ1) is 31.7. The summed E-state index contributed by atoms with van der Waals surface area (Å²) >= 11 is 3.70. The van der Waals surface area contributed by atoms with Gasteiger partial charge in [-0.05, 0) is 25.0 Å². The van der Waals surface area contributed by atoms with Crippen LogP contribution in [0.15, 0.2) is 59.6 Å². The van der Waals surface area contributed by atoms with Crippen LogP contribution in [0, 0.1) is 20.5 Å². The Morgan fingerprint density at radius 3 is 1.14 bits per heavy atom. The molecule has 2 aromatic heterocycles. The Bertz CT molecular complexity index is 1090. The fourth-order valence-electron chi connectivity index (χ4n) is 3.74. The van der Waals surface area contributed by atoms with Crippen LogP contribution in [-0.4, -0.2) is 0 Å². The van der Waals surface area contributed by atoms with Crippen molar-refractivity contribution >= 4 is 43.1 Å². The van der Waals surface area contributed by atoms with E-state index >= 15 is 0 Å². The van der Waals surface area contributed by atoms with Gasteiger partial charge < -0.3 is 0 Å². The summed E-state index contributed by atoms with van der Waals surface area (Å²) in [6.07, 6.45) is 9.41. The molecule has 0 aliphatic heterocycles. The van der Waals surface area contributed by atoms with E-state index in [0.29, 0.717) is 0 Å². The maximum atomic E-state index is 8.49. The standard InChI is InChI=1S/C23H28N2S2.2ClHO4/c1(2-4-10-16-24-18-26-22-14-8-6-12-20(22)24)3-5-11-17-25-19-27-23-15-9-7-13-21(23)25;2*2-1(3,4)5/h6-9,12-15,18-19H,1-5,10-11,16-17H2;2*(H,2,3,4,5)/q+2;;/p-2. The Kier molecular flexibility index (Phi) is 13.5. The Morgan fingerprint density at radius 1 is 0.486 bits per heavy atom. The molecule has 0 radical (unpaired) electrons. The van der Waals surface area contributed by atoms with Crippen molar-refractivity contribution < 1.29 is 66.9 Å². The SMILES string of the molecule is [O-][Cl+3]([O-])([O-])[O-].[O-][Cl+3]([O-])([O-])[O-].c1ccc2c(c1)sc[n+]2CCCCCCCCC[n+]1csc2ccccc21. The van der Waals surface area contributed by atoms with Gasteiger partial charge in [0.15, 0.2) is 0 Å². The summed E-state index contributed by atoms with van der Waals surface area (Å²) < 4.78 is 75.6.